The molecule has 1 aromatic carbocycles. The van der Waals surface area contributed by atoms with Gasteiger partial charge in [0.25, 0.3) is 0 Å². The fourth-order valence-electron chi connectivity index (χ4n) is 2.62. The Morgan fingerprint density at radius 2 is 2.11 bits per heavy atom. The van der Waals surface area contributed by atoms with Gasteiger partial charge in [0.2, 0.25) is 0 Å². The maximum absolute atomic E-state index is 14.3. The third-order valence-corrected chi connectivity index (χ3v) is 4.19. The zero-order chi connectivity index (χ0) is 14.0. The molecule has 19 heavy (non-hydrogen) atoms. The first kappa shape index (κ1) is 14.3. The molecule has 1 fully saturated rings. The molecule has 2 atom stereocenters. The van der Waals surface area contributed by atoms with E-state index in [4.69, 9.17) is 0 Å². The van der Waals surface area contributed by atoms with Crippen LogP contribution in [0.2, 0.25) is 0 Å². The van der Waals surface area contributed by atoms with Crippen LogP contribution >= 0.6 is 0 Å². The van der Waals surface area contributed by atoms with Gasteiger partial charge >= 0.3 is 0 Å². The van der Waals surface area contributed by atoms with Gasteiger partial charge < -0.3 is 15.1 Å². The standard InChI is InChI=1S/C15H24FN3/c1-11-10-19(9-8-18(11)4)15-13(12(2)17-3)6-5-7-14(15)16/h5-7,11-12,17H,8-10H2,1-4H3. The van der Waals surface area contributed by atoms with Gasteiger partial charge in [-0.1, -0.05) is 12.1 Å². The summed E-state index contributed by atoms with van der Waals surface area (Å²) in [6.07, 6.45) is 0. The maximum atomic E-state index is 14.3. The second-order valence-corrected chi connectivity index (χ2v) is 5.46. The highest BCUT2D eigenvalue weighted by Crippen LogP contribution is 2.30. The van der Waals surface area contributed by atoms with Crippen molar-refractivity contribution in [3.8, 4) is 0 Å². The van der Waals surface area contributed by atoms with E-state index in [2.05, 4.69) is 36.0 Å². The smallest absolute Gasteiger partial charge is 0.146 e. The number of para-hydroxylation sites is 1. The van der Waals surface area contributed by atoms with E-state index in [-0.39, 0.29) is 11.9 Å². The van der Waals surface area contributed by atoms with E-state index in [0.717, 1.165) is 30.9 Å². The number of nitrogens with zero attached hydrogens (tertiary/aromatic N) is 2. The van der Waals surface area contributed by atoms with E-state index in [1.54, 1.807) is 12.1 Å². The van der Waals surface area contributed by atoms with Crippen LogP contribution in [0.5, 0.6) is 0 Å². The Balaban J connectivity index is 2.33. The maximum Gasteiger partial charge on any atom is 0.146 e. The summed E-state index contributed by atoms with van der Waals surface area (Å²) in [6, 6.07) is 5.97. The van der Waals surface area contributed by atoms with Crippen molar-refractivity contribution in [3.63, 3.8) is 0 Å². The lowest BCUT2D eigenvalue weighted by Gasteiger charge is -2.40. The Morgan fingerprint density at radius 1 is 1.37 bits per heavy atom. The Bertz CT molecular complexity index is 435. The Labute approximate surface area is 115 Å². The van der Waals surface area contributed by atoms with E-state index >= 15 is 0 Å². The molecule has 1 aromatic rings. The molecule has 1 aliphatic heterocycles. The van der Waals surface area contributed by atoms with E-state index < -0.39 is 0 Å². The summed E-state index contributed by atoms with van der Waals surface area (Å²) in [7, 11) is 4.03. The quantitative estimate of drug-likeness (QED) is 0.904. The van der Waals surface area contributed by atoms with Crippen LogP contribution in [0.4, 0.5) is 10.1 Å². The van der Waals surface area contributed by atoms with Crippen LogP contribution in [0.15, 0.2) is 18.2 Å². The summed E-state index contributed by atoms with van der Waals surface area (Å²) in [4.78, 5) is 4.50. The van der Waals surface area contributed by atoms with Gasteiger partial charge in [0.15, 0.2) is 0 Å². The van der Waals surface area contributed by atoms with Gasteiger partial charge in [0, 0.05) is 31.7 Å². The first-order valence-corrected chi connectivity index (χ1v) is 6.95. The number of anilines is 1. The van der Waals surface area contributed by atoms with Crippen LogP contribution in [0.3, 0.4) is 0 Å². The average Bonchev–Trinajstić information content (AvgIpc) is 2.41. The Morgan fingerprint density at radius 3 is 2.74 bits per heavy atom. The molecule has 0 saturated carbocycles. The number of hydrogen-bond acceptors (Lipinski definition) is 3. The predicted molar refractivity (Wildman–Crippen MR) is 78.2 cm³/mol. The Kier molecular flexibility index (Phi) is 4.42. The first-order chi connectivity index (χ1) is 9.04. The van der Waals surface area contributed by atoms with Crippen molar-refractivity contribution in [1.82, 2.24) is 10.2 Å². The topological polar surface area (TPSA) is 18.5 Å². The molecule has 2 unspecified atom stereocenters. The molecule has 106 valence electrons. The molecular weight excluding hydrogens is 241 g/mol. The van der Waals surface area contributed by atoms with E-state index in [1.165, 1.54) is 0 Å². The highest BCUT2D eigenvalue weighted by atomic mass is 19.1. The number of rotatable bonds is 3. The number of piperazine rings is 1. The SMILES string of the molecule is CNC(C)c1cccc(F)c1N1CCN(C)C(C)C1. The molecular formula is C15H24FN3. The molecule has 1 heterocycles. The zero-order valence-corrected chi connectivity index (χ0v) is 12.3. The van der Waals surface area contributed by atoms with Crippen LogP contribution in [0, 0.1) is 5.82 Å². The molecule has 0 bridgehead atoms. The molecule has 0 radical (unpaired) electrons. The van der Waals surface area contributed by atoms with Gasteiger partial charge in [-0.05, 0) is 39.6 Å². The van der Waals surface area contributed by atoms with Gasteiger partial charge in [0.05, 0.1) is 5.69 Å². The fourth-order valence-corrected chi connectivity index (χ4v) is 2.62. The van der Waals surface area contributed by atoms with Crippen LogP contribution in [-0.2, 0) is 0 Å². The van der Waals surface area contributed by atoms with Gasteiger partial charge in [-0.25, -0.2) is 4.39 Å². The lowest BCUT2D eigenvalue weighted by Crippen LogP contribution is -2.50. The number of halogens is 1. The molecule has 0 aliphatic carbocycles. The van der Waals surface area contributed by atoms with Crippen molar-refractivity contribution < 1.29 is 4.39 Å². The van der Waals surface area contributed by atoms with Gasteiger partial charge in [-0.2, -0.15) is 0 Å². The van der Waals surface area contributed by atoms with E-state index in [1.807, 2.05) is 13.1 Å². The number of nitrogens with one attached hydrogen (secondary N) is 1. The average molecular weight is 265 g/mol. The molecule has 0 spiro atoms. The van der Waals surface area contributed by atoms with Crippen LogP contribution in [-0.4, -0.2) is 44.7 Å². The molecule has 3 nitrogen and oxygen atoms in total. The van der Waals surface area contributed by atoms with E-state index in [0.29, 0.717) is 6.04 Å². The lowest BCUT2D eigenvalue weighted by atomic mass is 10.0. The van der Waals surface area contributed by atoms with Crippen LogP contribution in [0.1, 0.15) is 25.5 Å². The largest absolute Gasteiger partial charge is 0.366 e. The minimum atomic E-state index is -0.114. The van der Waals surface area contributed by atoms with Crippen LogP contribution in [0.25, 0.3) is 0 Å². The van der Waals surface area contributed by atoms with Crippen molar-refractivity contribution in [3.05, 3.63) is 29.6 Å². The third kappa shape index (κ3) is 2.90. The third-order valence-electron chi connectivity index (χ3n) is 4.19. The number of hydrogen-bond donors (Lipinski definition) is 1. The number of benzene rings is 1. The summed E-state index contributed by atoms with van der Waals surface area (Å²) in [5.74, 6) is -0.114. The summed E-state index contributed by atoms with van der Waals surface area (Å²) in [5, 5.41) is 3.20. The highest BCUT2D eigenvalue weighted by molar-refractivity contribution is 5.56. The van der Waals surface area contributed by atoms with Gasteiger partial charge in [-0.15, -0.1) is 0 Å². The molecule has 4 heteroatoms. The molecule has 1 aliphatic rings. The second kappa shape index (κ2) is 5.88. The van der Waals surface area contributed by atoms with Crippen molar-refractivity contribution in [1.29, 1.82) is 0 Å². The zero-order valence-electron chi connectivity index (χ0n) is 12.3. The van der Waals surface area contributed by atoms with Crippen molar-refractivity contribution in [2.45, 2.75) is 25.9 Å². The summed E-state index contributed by atoms with van der Waals surface area (Å²) >= 11 is 0. The minimum Gasteiger partial charge on any atom is -0.366 e. The number of likely N-dealkylation sites (N-methyl/N-ethyl adjacent to an activating group) is 1. The van der Waals surface area contributed by atoms with Gasteiger partial charge in [-0.3, -0.25) is 0 Å². The summed E-state index contributed by atoms with van der Waals surface area (Å²) in [6.45, 7) is 6.99. The summed E-state index contributed by atoms with van der Waals surface area (Å²) < 4.78 is 14.3. The van der Waals surface area contributed by atoms with Crippen molar-refractivity contribution >= 4 is 5.69 Å². The lowest BCUT2D eigenvalue weighted by molar-refractivity contribution is 0.233. The van der Waals surface area contributed by atoms with Crippen LogP contribution < -0.4 is 10.2 Å². The predicted octanol–water partition coefficient (Wildman–Crippen LogP) is 2.25. The molecule has 1 N–H and O–H groups in total. The normalized spacial score (nSPS) is 22.6. The first-order valence-electron chi connectivity index (χ1n) is 6.95. The van der Waals surface area contributed by atoms with Gasteiger partial charge in [0.1, 0.15) is 5.82 Å². The van der Waals surface area contributed by atoms with Crippen molar-refractivity contribution in [2.75, 3.05) is 38.6 Å². The fraction of sp³-hybridized carbons (Fsp3) is 0.600. The molecule has 2 rings (SSSR count). The molecule has 0 amide bonds. The minimum absolute atomic E-state index is 0.114. The van der Waals surface area contributed by atoms with E-state index in [9.17, 15) is 4.39 Å². The molecule has 0 aromatic heterocycles. The molecule has 1 saturated heterocycles. The summed E-state index contributed by atoms with van der Waals surface area (Å²) in [5.41, 5.74) is 1.81. The highest BCUT2D eigenvalue weighted by Gasteiger charge is 2.25. The van der Waals surface area contributed by atoms with Crippen molar-refractivity contribution in [2.24, 2.45) is 0 Å². The second-order valence-electron chi connectivity index (χ2n) is 5.46. The monoisotopic (exact) mass is 265 g/mol. The Hall–Kier alpha value is -1.13.